The van der Waals surface area contributed by atoms with Gasteiger partial charge in [-0.1, -0.05) is 36.4 Å². The van der Waals surface area contributed by atoms with Crippen LogP contribution in [0.3, 0.4) is 0 Å². The largest absolute Gasteiger partial charge is 0.445 e. The van der Waals surface area contributed by atoms with Crippen molar-refractivity contribution in [3.8, 4) is 0 Å². The number of rotatable bonds is 5. The van der Waals surface area contributed by atoms with E-state index in [1.54, 1.807) is 11.8 Å². The van der Waals surface area contributed by atoms with Gasteiger partial charge < -0.3 is 10.1 Å². The summed E-state index contributed by atoms with van der Waals surface area (Å²) in [6, 6.07) is 16.7. The summed E-state index contributed by atoms with van der Waals surface area (Å²) < 4.78 is 5.38. The molecule has 1 saturated heterocycles. The van der Waals surface area contributed by atoms with Crippen molar-refractivity contribution < 1.29 is 14.3 Å². The molecular formula is C20H22N2O3S. The zero-order chi connectivity index (χ0) is 18.4. The van der Waals surface area contributed by atoms with E-state index in [0.717, 1.165) is 22.6 Å². The number of nitrogens with zero attached hydrogens (tertiary/aromatic N) is 1. The number of amides is 2. The number of likely N-dealkylation sites (tertiary alicyclic amines) is 1. The van der Waals surface area contributed by atoms with Gasteiger partial charge in [-0.05, 0) is 42.9 Å². The zero-order valence-corrected chi connectivity index (χ0v) is 15.5. The van der Waals surface area contributed by atoms with E-state index in [1.165, 1.54) is 4.90 Å². The minimum absolute atomic E-state index is 0.169. The third-order valence-electron chi connectivity index (χ3n) is 4.33. The lowest BCUT2D eigenvalue weighted by atomic mass is 10.2. The molecule has 1 N–H and O–H groups in total. The van der Waals surface area contributed by atoms with Crippen LogP contribution in [0.15, 0.2) is 59.5 Å². The van der Waals surface area contributed by atoms with E-state index >= 15 is 0 Å². The average Bonchev–Trinajstić information content (AvgIpc) is 3.17. The molecule has 6 heteroatoms. The minimum atomic E-state index is -0.490. The van der Waals surface area contributed by atoms with Crippen molar-refractivity contribution in [3.63, 3.8) is 0 Å². The molecule has 5 nitrogen and oxygen atoms in total. The quantitative estimate of drug-likeness (QED) is 0.804. The van der Waals surface area contributed by atoms with Gasteiger partial charge >= 0.3 is 6.09 Å². The molecule has 0 saturated carbocycles. The van der Waals surface area contributed by atoms with E-state index in [0.29, 0.717) is 13.0 Å². The normalized spacial score (nSPS) is 16.3. The van der Waals surface area contributed by atoms with Crippen LogP contribution in [0.4, 0.5) is 10.5 Å². The summed E-state index contributed by atoms with van der Waals surface area (Å²) >= 11 is 1.62. The molecule has 0 spiro atoms. The van der Waals surface area contributed by atoms with Crippen molar-refractivity contribution in [1.29, 1.82) is 0 Å². The number of anilines is 1. The Kier molecular flexibility index (Phi) is 6.17. The number of thioether (sulfide) groups is 1. The lowest BCUT2D eigenvalue weighted by Crippen LogP contribution is -2.43. The van der Waals surface area contributed by atoms with E-state index in [2.05, 4.69) is 5.32 Å². The van der Waals surface area contributed by atoms with Crippen LogP contribution >= 0.6 is 11.8 Å². The molecular weight excluding hydrogens is 348 g/mol. The van der Waals surface area contributed by atoms with Crippen molar-refractivity contribution in [1.82, 2.24) is 4.90 Å². The smallest absolute Gasteiger partial charge is 0.410 e. The summed E-state index contributed by atoms with van der Waals surface area (Å²) in [4.78, 5) is 27.6. The standard InChI is InChI=1S/C20H22N2O3S/c1-26-17-10-5-9-16(13-17)21-19(23)18-11-6-12-22(18)20(24)25-14-15-7-3-2-4-8-15/h2-5,7-10,13,18H,6,11-12,14H2,1H3,(H,21,23). The van der Waals surface area contributed by atoms with Crippen molar-refractivity contribution in [2.24, 2.45) is 0 Å². The number of ether oxygens (including phenoxy) is 1. The molecule has 0 aromatic heterocycles. The second-order valence-electron chi connectivity index (χ2n) is 6.11. The summed E-state index contributed by atoms with van der Waals surface area (Å²) in [6.07, 6.45) is 2.99. The number of hydrogen-bond acceptors (Lipinski definition) is 4. The highest BCUT2D eigenvalue weighted by atomic mass is 32.2. The predicted molar refractivity (Wildman–Crippen MR) is 103 cm³/mol. The van der Waals surface area contributed by atoms with Crippen LogP contribution in [0.1, 0.15) is 18.4 Å². The Labute approximate surface area is 157 Å². The third kappa shape index (κ3) is 4.58. The molecule has 3 rings (SSSR count). The highest BCUT2D eigenvalue weighted by molar-refractivity contribution is 7.98. The Hall–Kier alpha value is -2.47. The van der Waals surface area contributed by atoms with Crippen LogP contribution in [0.25, 0.3) is 0 Å². The molecule has 1 atom stereocenters. The fourth-order valence-electron chi connectivity index (χ4n) is 2.99. The predicted octanol–water partition coefficient (Wildman–Crippen LogP) is 4.15. The fourth-order valence-corrected chi connectivity index (χ4v) is 3.45. The first-order chi connectivity index (χ1) is 12.7. The van der Waals surface area contributed by atoms with Crippen LogP contribution in [-0.2, 0) is 16.1 Å². The van der Waals surface area contributed by atoms with E-state index in [1.807, 2.05) is 60.9 Å². The van der Waals surface area contributed by atoms with Gasteiger partial charge in [0.25, 0.3) is 0 Å². The molecule has 2 aromatic rings. The fraction of sp³-hybridized carbons (Fsp3) is 0.300. The minimum Gasteiger partial charge on any atom is -0.445 e. The molecule has 2 amide bonds. The van der Waals surface area contributed by atoms with Gasteiger partial charge in [-0.2, -0.15) is 0 Å². The van der Waals surface area contributed by atoms with Crippen molar-refractivity contribution in [2.45, 2.75) is 30.4 Å². The average molecular weight is 370 g/mol. The molecule has 1 heterocycles. The number of hydrogen-bond donors (Lipinski definition) is 1. The van der Waals surface area contributed by atoms with Crippen LogP contribution < -0.4 is 5.32 Å². The maximum absolute atomic E-state index is 12.6. The monoisotopic (exact) mass is 370 g/mol. The second-order valence-corrected chi connectivity index (χ2v) is 6.99. The van der Waals surface area contributed by atoms with Gasteiger partial charge in [0.2, 0.25) is 5.91 Å². The molecule has 0 radical (unpaired) electrons. The maximum Gasteiger partial charge on any atom is 0.410 e. The van der Waals surface area contributed by atoms with E-state index in [-0.39, 0.29) is 12.5 Å². The lowest BCUT2D eigenvalue weighted by Gasteiger charge is -2.23. The number of carbonyl (C=O) groups excluding carboxylic acids is 2. The molecule has 0 aliphatic carbocycles. The van der Waals surface area contributed by atoms with Gasteiger partial charge in [0.05, 0.1) is 0 Å². The summed E-state index contributed by atoms with van der Waals surface area (Å²) in [6.45, 7) is 0.747. The molecule has 0 bridgehead atoms. The number of benzene rings is 2. The Balaban J connectivity index is 1.59. The van der Waals surface area contributed by atoms with Crippen molar-refractivity contribution in [3.05, 3.63) is 60.2 Å². The van der Waals surface area contributed by atoms with Crippen LogP contribution in [0.2, 0.25) is 0 Å². The molecule has 26 heavy (non-hydrogen) atoms. The van der Waals surface area contributed by atoms with E-state index in [9.17, 15) is 9.59 Å². The molecule has 1 fully saturated rings. The molecule has 1 unspecified atom stereocenters. The van der Waals surface area contributed by atoms with E-state index in [4.69, 9.17) is 4.74 Å². The molecule has 136 valence electrons. The van der Waals surface area contributed by atoms with Crippen molar-refractivity contribution in [2.75, 3.05) is 18.1 Å². The molecule has 1 aliphatic rings. The highest BCUT2D eigenvalue weighted by Crippen LogP contribution is 2.23. The highest BCUT2D eigenvalue weighted by Gasteiger charge is 2.35. The summed E-state index contributed by atoms with van der Waals surface area (Å²) in [5.74, 6) is -0.169. The Morgan fingerprint density at radius 2 is 2.00 bits per heavy atom. The maximum atomic E-state index is 12.6. The Bertz CT molecular complexity index is 767. The SMILES string of the molecule is CSc1cccc(NC(=O)C2CCCN2C(=O)OCc2ccccc2)c1. The first kappa shape index (κ1) is 18.3. The summed E-state index contributed by atoms with van der Waals surface area (Å²) in [5, 5.41) is 2.92. The Morgan fingerprint density at radius 3 is 2.77 bits per heavy atom. The summed E-state index contributed by atoms with van der Waals surface area (Å²) in [7, 11) is 0. The van der Waals surface area contributed by atoms with Gasteiger partial charge in [0, 0.05) is 17.1 Å². The summed E-state index contributed by atoms with van der Waals surface area (Å²) in [5.41, 5.74) is 1.67. The lowest BCUT2D eigenvalue weighted by molar-refractivity contribution is -0.120. The first-order valence-corrected chi connectivity index (χ1v) is 9.82. The van der Waals surface area contributed by atoms with Crippen LogP contribution in [-0.4, -0.2) is 35.7 Å². The topological polar surface area (TPSA) is 58.6 Å². The number of nitrogens with one attached hydrogen (secondary N) is 1. The molecule has 2 aromatic carbocycles. The number of carbonyl (C=O) groups is 2. The van der Waals surface area contributed by atoms with Crippen LogP contribution in [0.5, 0.6) is 0 Å². The van der Waals surface area contributed by atoms with Gasteiger partial charge in [-0.15, -0.1) is 11.8 Å². The van der Waals surface area contributed by atoms with Crippen LogP contribution in [0, 0.1) is 0 Å². The van der Waals surface area contributed by atoms with E-state index < -0.39 is 12.1 Å². The Morgan fingerprint density at radius 1 is 1.19 bits per heavy atom. The van der Waals surface area contributed by atoms with Gasteiger partial charge in [-0.25, -0.2) is 4.79 Å². The van der Waals surface area contributed by atoms with Gasteiger partial charge in [0.15, 0.2) is 0 Å². The zero-order valence-electron chi connectivity index (χ0n) is 14.7. The second kappa shape index (κ2) is 8.76. The van der Waals surface area contributed by atoms with Gasteiger partial charge in [-0.3, -0.25) is 9.69 Å². The first-order valence-electron chi connectivity index (χ1n) is 8.59. The van der Waals surface area contributed by atoms with Gasteiger partial charge in [0.1, 0.15) is 12.6 Å². The molecule has 1 aliphatic heterocycles. The van der Waals surface area contributed by atoms with Crippen molar-refractivity contribution >= 4 is 29.4 Å². The third-order valence-corrected chi connectivity index (χ3v) is 5.06.